The summed E-state index contributed by atoms with van der Waals surface area (Å²) < 4.78 is 34.5. The molecule has 1 aromatic carbocycles. The molecule has 3 aliphatic heterocycles. The van der Waals surface area contributed by atoms with E-state index >= 15 is 0 Å². The van der Waals surface area contributed by atoms with Crippen molar-refractivity contribution in [2.75, 3.05) is 34.2 Å². The Bertz CT molecular complexity index is 1210. The standard InChI is InChI=1S/C27H27NO7/c1-14-24-17(12-32-14)7-15-8-20-21(34-13-33-20)11-18(15)25(24)16-9-22(30-2)26(23(10-16)31-3)35-27(29)19-5-4-6-28-19/h5,8-11,20-21,25,28H,1,4,6-7,12-13H2,2-3H3/t20?,21?,25-/m1/s1. The number of carbonyl (C=O) groups excluding carboxylic acids is 1. The molecule has 3 heterocycles. The molecule has 1 fully saturated rings. The fraction of sp³-hybridized carbons (Fsp3) is 0.370. The summed E-state index contributed by atoms with van der Waals surface area (Å²) in [6.07, 6.45) is 7.50. The van der Waals surface area contributed by atoms with Crippen LogP contribution >= 0.6 is 0 Å². The first-order valence-electron chi connectivity index (χ1n) is 11.7. The van der Waals surface area contributed by atoms with Crippen molar-refractivity contribution in [2.45, 2.75) is 31.0 Å². The molecule has 0 aromatic heterocycles. The molecule has 2 unspecified atom stereocenters. The molecule has 0 amide bonds. The smallest absolute Gasteiger partial charge is 0.359 e. The molecule has 0 saturated carbocycles. The Hall–Kier alpha value is -3.49. The van der Waals surface area contributed by atoms with Gasteiger partial charge in [0.2, 0.25) is 5.75 Å². The van der Waals surface area contributed by atoms with Crippen LogP contribution in [0.25, 0.3) is 0 Å². The number of fused-ring (bicyclic) bond motifs is 2. The summed E-state index contributed by atoms with van der Waals surface area (Å²) in [5.41, 5.74) is 5.97. The molecular weight excluding hydrogens is 450 g/mol. The number of rotatable bonds is 5. The Balaban J connectivity index is 1.45. The van der Waals surface area contributed by atoms with Gasteiger partial charge >= 0.3 is 5.97 Å². The number of hydrogen-bond donors (Lipinski definition) is 1. The summed E-state index contributed by atoms with van der Waals surface area (Å²) in [5, 5.41) is 3.03. The molecule has 5 aliphatic rings. The van der Waals surface area contributed by atoms with E-state index in [9.17, 15) is 4.79 Å². The Labute approximate surface area is 203 Å². The predicted octanol–water partition coefficient (Wildman–Crippen LogP) is 3.42. The highest BCUT2D eigenvalue weighted by atomic mass is 16.7. The van der Waals surface area contributed by atoms with E-state index in [1.165, 1.54) is 11.1 Å². The van der Waals surface area contributed by atoms with Crippen LogP contribution in [-0.4, -0.2) is 52.3 Å². The van der Waals surface area contributed by atoms with Gasteiger partial charge in [0.1, 0.15) is 37.1 Å². The van der Waals surface area contributed by atoms with Gasteiger partial charge in [-0.25, -0.2) is 4.79 Å². The molecule has 8 heteroatoms. The van der Waals surface area contributed by atoms with Gasteiger partial charge in [0.25, 0.3) is 0 Å². The lowest BCUT2D eigenvalue weighted by molar-refractivity contribution is -0.130. The normalized spacial score (nSPS) is 26.5. The molecule has 8 nitrogen and oxygen atoms in total. The van der Waals surface area contributed by atoms with E-state index in [1.807, 2.05) is 18.2 Å². The number of nitrogens with one attached hydrogen (secondary N) is 1. The Morgan fingerprint density at radius 3 is 2.54 bits per heavy atom. The van der Waals surface area contributed by atoms with E-state index in [2.05, 4.69) is 24.0 Å². The highest BCUT2D eigenvalue weighted by molar-refractivity contribution is 5.90. The van der Waals surface area contributed by atoms with Crippen molar-refractivity contribution in [1.29, 1.82) is 0 Å². The third-order valence-corrected chi connectivity index (χ3v) is 7.07. The molecular formula is C27H27NO7. The number of esters is 1. The average molecular weight is 478 g/mol. The monoisotopic (exact) mass is 477 g/mol. The number of allylic oxidation sites excluding steroid dienone is 3. The zero-order chi connectivity index (χ0) is 24.1. The van der Waals surface area contributed by atoms with Crippen LogP contribution in [0.2, 0.25) is 0 Å². The maximum absolute atomic E-state index is 12.7. The van der Waals surface area contributed by atoms with Crippen LogP contribution in [0, 0.1) is 0 Å². The van der Waals surface area contributed by atoms with Gasteiger partial charge in [-0.2, -0.15) is 0 Å². The van der Waals surface area contributed by atoms with Crippen molar-refractivity contribution in [3.8, 4) is 17.2 Å². The number of methoxy groups -OCH3 is 2. The highest BCUT2D eigenvalue weighted by Gasteiger charge is 2.42. The van der Waals surface area contributed by atoms with Gasteiger partial charge in [-0.15, -0.1) is 0 Å². The maximum atomic E-state index is 12.7. The number of ether oxygens (including phenoxy) is 6. The molecule has 2 aliphatic carbocycles. The van der Waals surface area contributed by atoms with E-state index < -0.39 is 5.97 Å². The van der Waals surface area contributed by atoms with Crippen LogP contribution in [0.4, 0.5) is 0 Å². The molecule has 0 bridgehead atoms. The fourth-order valence-electron chi connectivity index (χ4n) is 5.43. The van der Waals surface area contributed by atoms with Gasteiger partial charge in [0.15, 0.2) is 11.5 Å². The first-order valence-corrected chi connectivity index (χ1v) is 11.7. The van der Waals surface area contributed by atoms with Crippen LogP contribution < -0.4 is 19.5 Å². The second kappa shape index (κ2) is 8.62. The highest BCUT2D eigenvalue weighted by Crippen LogP contribution is 2.53. The third kappa shape index (κ3) is 3.64. The topological polar surface area (TPSA) is 84.5 Å². The largest absolute Gasteiger partial charge is 0.493 e. The fourth-order valence-corrected chi connectivity index (χ4v) is 5.43. The molecule has 1 aromatic rings. The van der Waals surface area contributed by atoms with Crippen molar-refractivity contribution < 1.29 is 33.2 Å². The van der Waals surface area contributed by atoms with Crippen LogP contribution in [-0.2, 0) is 19.0 Å². The van der Waals surface area contributed by atoms with Gasteiger partial charge in [0, 0.05) is 18.0 Å². The van der Waals surface area contributed by atoms with E-state index in [4.69, 9.17) is 28.4 Å². The van der Waals surface area contributed by atoms with Crippen LogP contribution in [0.3, 0.4) is 0 Å². The Kier molecular flexibility index (Phi) is 5.42. The van der Waals surface area contributed by atoms with E-state index in [1.54, 1.807) is 14.2 Å². The first-order chi connectivity index (χ1) is 17.1. The summed E-state index contributed by atoms with van der Waals surface area (Å²) >= 11 is 0. The first kappa shape index (κ1) is 22.0. The quantitative estimate of drug-likeness (QED) is 0.510. The maximum Gasteiger partial charge on any atom is 0.359 e. The molecule has 0 radical (unpaired) electrons. The second-order valence-electron chi connectivity index (χ2n) is 9.01. The lowest BCUT2D eigenvalue weighted by Gasteiger charge is -2.34. The molecule has 6 rings (SSSR count). The second-order valence-corrected chi connectivity index (χ2v) is 9.01. The molecule has 1 saturated heterocycles. The van der Waals surface area contributed by atoms with Crippen molar-refractivity contribution in [3.63, 3.8) is 0 Å². The average Bonchev–Trinajstić information content (AvgIpc) is 3.63. The SMILES string of the molecule is C=C1OCC2=C1[C@H](c1cc(OC)c(OC(=O)C3=CCCN3)c(OC)c1)C1=CC3OCOC3C=C1C2. The van der Waals surface area contributed by atoms with Gasteiger partial charge in [-0.1, -0.05) is 12.7 Å². The van der Waals surface area contributed by atoms with E-state index in [0.29, 0.717) is 36.1 Å². The third-order valence-electron chi connectivity index (χ3n) is 7.07. The minimum atomic E-state index is -0.475. The molecule has 0 spiro atoms. The van der Waals surface area contributed by atoms with Crippen molar-refractivity contribution >= 4 is 5.97 Å². The lowest BCUT2D eigenvalue weighted by Crippen LogP contribution is -2.27. The van der Waals surface area contributed by atoms with Gasteiger partial charge in [-0.05, 0) is 59.4 Å². The lowest BCUT2D eigenvalue weighted by atomic mass is 9.70. The van der Waals surface area contributed by atoms with E-state index in [0.717, 1.165) is 29.6 Å². The number of carbonyl (C=O) groups is 1. The number of benzene rings is 1. The van der Waals surface area contributed by atoms with Crippen LogP contribution in [0.1, 0.15) is 24.3 Å². The van der Waals surface area contributed by atoms with Crippen molar-refractivity contribution in [1.82, 2.24) is 5.32 Å². The molecule has 35 heavy (non-hydrogen) atoms. The molecule has 182 valence electrons. The summed E-state index contributed by atoms with van der Waals surface area (Å²) in [4.78, 5) is 12.7. The Morgan fingerprint density at radius 1 is 1.11 bits per heavy atom. The van der Waals surface area contributed by atoms with E-state index in [-0.39, 0.29) is 30.7 Å². The minimum Gasteiger partial charge on any atom is -0.493 e. The van der Waals surface area contributed by atoms with Gasteiger partial charge < -0.3 is 33.7 Å². The number of hydrogen-bond acceptors (Lipinski definition) is 8. The van der Waals surface area contributed by atoms with Crippen LogP contribution in [0.5, 0.6) is 17.2 Å². The predicted molar refractivity (Wildman–Crippen MR) is 126 cm³/mol. The van der Waals surface area contributed by atoms with Crippen molar-refractivity contribution in [2.24, 2.45) is 0 Å². The summed E-state index contributed by atoms with van der Waals surface area (Å²) in [6, 6.07) is 3.79. The summed E-state index contributed by atoms with van der Waals surface area (Å²) in [6.45, 7) is 5.69. The summed E-state index contributed by atoms with van der Waals surface area (Å²) in [7, 11) is 3.09. The zero-order valence-electron chi connectivity index (χ0n) is 19.7. The summed E-state index contributed by atoms with van der Waals surface area (Å²) in [5.74, 6) is 1.09. The molecule has 3 atom stereocenters. The molecule has 1 N–H and O–H groups in total. The van der Waals surface area contributed by atoms with Gasteiger partial charge in [-0.3, -0.25) is 0 Å². The van der Waals surface area contributed by atoms with Crippen molar-refractivity contribution in [3.05, 3.63) is 76.3 Å². The van der Waals surface area contributed by atoms with Gasteiger partial charge in [0.05, 0.1) is 14.2 Å². The van der Waals surface area contributed by atoms with Crippen LogP contribution in [0.15, 0.2) is 70.7 Å². The minimum absolute atomic E-state index is 0.0774. The Morgan fingerprint density at radius 2 is 1.86 bits per heavy atom. The zero-order valence-corrected chi connectivity index (χ0v) is 19.7.